The van der Waals surface area contributed by atoms with Crippen LogP contribution in [0.5, 0.6) is 0 Å². The number of hydrogen-bond donors (Lipinski definition) is 2. The fraction of sp³-hybridized carbons (Fsp3) is 0.524. The monoisotopic (exact) mass is 392 g/mol. The second kappa shape index (κ2) is 14.4. The van der Waals surface area contributed by atoms with Crippen molar-refractivity contribution in [2.45, 2.75) is 59.4 Å². The molecule has 0 aliphatic carbocycles. The normalized spacial score (nSPS) is 10.9. The smallest absolute Gasteiger partial charge is 0.305 e. The molecule has 1 unspecified atom stereocenters. The van der Waals surface area contributed by atoms with E-state index in [2.05, 4.69) is 5.32 Å². The molecule has 0 aromatic heterocycles. The lowest BCUT2D eigenvalue weighted by atomic mass is 10.0. The molecular formula is C21H32N2O5. The summed E-state index contributed by atoms with van der Waals surface area (Å²) >= 11 is 0. The van der Waals surface area contributed by atoms with Crippen molar-refractivity contribution in [2.75, 3.05) is 13.1 Å². The lowest BCUT2D eigenvalue weighted by Crippen LogP contribution is -2.41. The Kier molecular flexibility index (Phi) is 13.0. The molecule has 0 fully saturated rings. The Labute approximate surface area is 167 Å². The van der Waals surface area contributed by atoms with Crippen molar-refractivity contribution in [3.05, 3.63) is 35.4 Å². The summed E-state index contributed by atoms with van der Waals surface area (Å²) in [6.45, 7) is 8.18. The molecule has 1 rings (SSSR count). The summed E-state index contributed by atoms with van der Waals surface area (Å²) < 4.78 is 0. The Hall–Kier alpha value is -2.70. The summed E-state index contributed by atoms with van der Waals surface area (Å²) in [6, 6.07) is 6.64. The lowest BCUT2D eigenvalue weighted by Gasteiger charge is -2.25. The van der Waals surface area contributed by atoms with Crippen molar-refractivity contribution >= 4 is 24.1 Å². The molecule has 1 atom stereocenters. The minimum Gasteiger partial charge on any atom is -0.481 e. The first-order chi connectivity index (χ1) is 13.4. The standard InChI is InChI=1S/C19H26N2O5.C2H6/c1-3-10-21(14(2)13-22)18(24)12-16-7-5-4-6-15(16)11-17(23)20-9-8-19(25)26;1-2/h4-7,13-14H,3,8-12H2,1-2H3,(H,20,23)(H,25,26);1-2H3. The van der Waals surface area contributed by atoms with Crippen molar-refractivity contribution < 1.29 is 24.3 Å². The Balaban J connectivity index is 0.00000352. The number of aliphatic carboxylic acids is 1. The first-order valence-corrected chi connectivity index (χ1v) is 9.69. The molecule has 2 amide bonds. The van der Waals surface area contributed by atoms with Crippen molar-refractivity contribution in [1.29, 1.82) is 0 Å². The van der Waals surface area contributed by atoms with Crippen LogP contribution in [0.1, 0.15) is 51.7 Å². The van der Waals surface area contributed by atoms with Gasteiger partial charge in [-0.15, -0.1) is 0 Å². The Bertz CT molecular complexity index is 645. The van der Waals surface area contributed by atoms with Gasteiger partial charge in [0.2, 0.25) is 11.8 Å². The van der Waals surface area contributed by atoms with E-state index in [0.29, 0.717) is 12.1 Å². The molecule has 0 aliphatic rings. The molecule has 0 aliphatic heterocycles. The second-order valence-corrected chi connectivity index (χ2v) is 6.08. The number of nitrogens with zero attached hydrogens (tertiary/aromatic N) is 1. The third-order valence-electron chi connectivity index (χ3n) is 3.95. The highest BCUT2D eigenvalue weighted by Crippen LogP contribution is 2.13. The number of benzene rings is 1. The Morgan fingerprint density at radius 2 is 1.71 bits per heavy atom. The van der Waals surface area contributed by atoms with Gasteiger partial charge in [0.05, 0.1) is 25.3 Å². The first kappa shape index (κ1) is 25.3. The van der Waals surface area contributed by atoms with Crippen LogP contribution in [0.15, 0.2) is 24.3 Å². The third-order valence-corrected chi connectivity index (χ3v) is 3.95. The number of hydrogen-bond acceptors (Lipinski definition) is 4. The van der Waals surface area contributed by atoms with E-state index < -0.39 is 12.0 Å². The van der Waals surface area contributed by atoms with E-state index in [4.69, 9.17) is 5.11 Å². The van der Waals surface area contributed by atoms with Gasteiger partial charge in [-0.05, 0) is 24.5 Å². The Morgan fingerprint density at radius 1 is 1.14 bits per heavy atom. The van der Waals surface area contributed by atoms with Crippen LogP contribution in [0, 0.1) is 0 Å². The van der Waals surface area contributed by atoms with Crippen LogP contribution in [-0.4, -0.2) is 53.2 Å². The molecule has 0 radical (unpaired) electrons. The summed E-state index contributed by atoms with van der Waals surface area (Å²) in [5.41, 5.74) is 1.44. The second-order valence-electron chi connectivity index (χ2n) is 6.08. The van der Waals surface area contributed by atoms with Gasteiger partial charge in [0.1, 0.15) is 6.29 Å². The summed E-state index contributed by atoms with van der Waals surface area (Å²) in [5, 5.41) is 11.2. The summed E-state index contributed by atoms with van der Waals surface area (Å²) in [5.74, 6) is -1.43. The van der Waals surface area contributed by atoms with Gasteiger partial charge in [0, 0.05) is 13.1 Å². The topological polar surface area (TPSA) is 104 Å². The summed E-state index contributed by atoms with van der Waals surface area (Å²) in [7, 11) is 0. The zero-order valence-electron chi connectivity index (χ0n) is 17.2. The van der Waals surface area contributed by atoms with Crippen LogP contribution in [0.4, 0.5) is 0 Å². The fourth-order valence-corrected chi connectivity index (χ4v) is 2.58. The predicted octanol–water partition coefficient (Wildman–Crippen LogP) is 2.21. The molecule has 7 heteroatoms. The van der Waals surface area contributed by atoms with E-state index in [1.165, 1.54) is 4.90 Å². The van der Waals surface area contributed by atoms with Gasteiger partial charge in [-0.25, -0.2) is 0 Å². The SMILES string of the molecule is CC.CCCN(C(=O)Cc1ccccc1CC(=O)NCCC(=O)O)C(C)C=O. The molecule has 1 aromatic rings. The van der Waals surface area contributed by atoms with Crippen LogP contribution < -0.4 is 5.32 Å². The van der Waals surface area contributed by atoms with Crippen molar-refractivity contribution in [1.82, 2.24) is 10.2 Å². The molecule has 0 spiro atoms. The third kappa shape index (κ3) is 9.30. The van der Waals surface area contributed by atoms with E-state index in [9.17, 15) is 19.2 Å². The number of carbonyl (C=O) groups is 4. The van der Waals surface area contributed by atoms with Crippen LogP contribution in [0.2, 0.25) is 0 Å². The van der Waals surface area contributed by atoms with Gasteiger partial charge < -0.3 is 20.1 Å². The average molecular weight is 392 g/mol. The van der Waals surface area contributed by atoms with Crippen molar-refractivity contribution in [3.8, 4) is 0 Å². The maximum Gasteiger partial charge on any atom is 0.305 e. The first-order valence-electron chi connectivity index (χ1n) is 9.69. The van der Waals surface area contributed by atoms with Gasteiger partial charge in [-0.1, -0.05) is 45.0 Å². The molecule has 1 aromatic carbocycles. The molecule has 7 nitrogen and oxygen atoms in total. The summed E-state index contributed by atoms with van der Waals surface area (Å²) in [6.07, 6.45) is 1.53. The van der Waals surface area contributed by atoms with E-state index in [1.54, 1.807) is 31.2 Å². The molecule has 2 N–H and O–H groups in total. The van der Waals surface area contributed by atoms with Crippen LogP contribution in [0.3, 0.4) is 0 Å². The van der Waals surface area contributed by atoms with E-state index in [-0.39, 0.29) is 37.6 Å². The lowest BCUT2D eigenvalue weighted by molar-refractivity contribution is -0.137. The number of carbonyl (C=O) groups excluding carboxylic acids is 3. The highest BCUT2D eigenvalue weighted by atomic mass is 16.4. The predicted molar refractivity (Wildman–Crippen MR) is 108 cm³/mol. The number of rotatable bonds is 11. The van der Waals surface area contributed by atoms with Crippen LogP contribution in [0.25, 0.3) is 0 Å². The minimum atomic E-state index is -0.975. The zero-order valence-corrected chi connectivity index (χ0v) is 17.2. The molecule has 0 saturated heterocycles. The molecule has 156 valence electrons. The molecule has 0 heterocycles. The molecular weight excluding hydrogens is 360 g/mol. The maximum atomic E-state index is 12.6. The van der Waals surface area contributed by atoms with Gasteiger partial charge in [0.15, 0.2) is 0 Å². The van der Waals surface area contributed by atoms with Gasteiger partial charge in [-0.3, -0.25) is 14.4 Å². The zero-order chi connectivity index (χ0) is 21.5. The number of nitrogens with one attached hydrogen (secondary N) is 1. The molecule has 28 heavy (non-hydrogen) atoms. The van der Waals surface area contributed by atoms with Crippen molar-refractivity contribution in [3.63, 3.8) is 0 Å². The van der Waals surface area contributed by atoms with E-state index in [0.717, 1.165) is 18.3 Å². The number of carboxylic acid groups (broad SMARTS) is 1. The quantitative estimate of drug-likeness (QED) is 0.562. The number of carboxylic acids is 1. The van der Waals surface area contributed by atoms with Gasteiger partial charge in [-0.2, -0.15) is 0 Å². The average Bonchev–Trinajstić information content (AvgIpc) is 2.68. The maximum absolute atomic E-state index is 12.6. The van der Waals surface area contributed by atoms with Crippen molar-refractivity contribution in [2.24, 2.45) is 0 Å². The summed E-state index contributed by atoms with van der Waals surface area (Å²) in [4.78, 5) is 47.6. The van der Waals surface area contributed by atoms with Gasteiger partial charge >= 0.3 is 5.97 Å². The van der Waals surface area contributed by atoms with E-state index >= 15 is 0 Å². The van der Waals surface area contributed by atoms with Crippen LogP contribution >= 0.6 is 0 Å². The fourth-order valence-electron chi connectivity index (χ4n) is 2.58. The largest absolute Gasteiger partial charge is 0.481 e. The van der Waals surface area contributed by atoms with E-state index in [1.807, 2.05) is 20.8 Å². The highest BCUT2D eigenvalue weighted by molar-refractivity contribution is 5.83. The van der Waals surface area contributed by atoms with Crippen LogP contribution in [-0.2, 0) is 32.0 Å². The minimum absolute atomic E-state index is 0.0659. The Morgan fingerprint density at radius 3 is 2.21 bits per heavy atom. The highest BCUT2D eigenvalue weighted by Gasteiger charge is 2.20. The number of aldehydes is 1. The van der Waals surface area contributed by atoms with Gasteiger partial charge in [0.25, 0.3) is 0 Å². The number of amides is 2. The molecule has 0 bridgehead atoms. The molecule has 0 saturated carbocycles.